The number of aryl methyl sites for hydroxylation is 1. The molecule has 2 rings (SSSR count). The van der Waals surface area contributed by atoms with E-state index in [0.717, 1.165) is 6.42 Å². The van der Waals surface area contributed by atoms with E-state index < -0.39 is 0 Å². The van der Waals surface area contributed by atoms with Gasteiger partial charge in [-0.2, -0.15) is 11.3 Å². The van der Waals surface area contributed by atoms with E-state index in [9.17, 15) is 4.79 Å². The molecule has 0 aromatic carbocycles. The molecule has 3 N–H and O–H groups in total. The molecule has 1 amide bonds. The summed E-state index contributed by atoms with van der Waals surface area (Å²) >= 11 is 1.67. The molecule has 4 heteroatoms. The van der Waals surface area contributed by atoms with Crippen molar-refractivity contribution in [3.05, 3.63) is 22.4 Å². The highest BCUT2D eigenvalue weighted by Gasteiger charge is 2.41. The molecule has 94 valence electrons. The maximum absolute atomic E-state index is 11.9. The summed E-state index contributed by atoms with van der Waals surface area (Å²) < 4.78 is 0. The highest BCUT2D eigenvalue weighted by molar-refractivity contribution is 7.07. The van der Waals surface area contributed by atoms with Gasteiger partial charge in [0.15, 0.2) is 0 Å². The molecule has 0 saturated heterocycles. The van der Waals surface area contributed by atoms with Gasteiger partial charge in [-0.25, -0.2) is 0 Å². The first-order chi connectivity index (χ1) is 8.14. The Bertz CT molecular complexity index is 373. The number of hydrogen-bond acceptors (Lipinski definition) is 3. The van der Waals surface area contributed by atoms with Gasteiger partial charge >= 0.3 is 0 Å². The predicted octanol–water partition coefficient (Wildman–Crippen LogP) is 1.92. The van der Waals surface area contributed by atoms with Crippen LogP contribution in [0.5, 0.6) is 0 Å². The van der Waals surface area contributed by atoms with Crippen LogP contribution in [-0.2, 0) is 11.2 Å². The molecule has 1 unspecified atom stereocenters. The van der Waals surface area contributed by atoms with Crippen molar-refractivity contribution >= 4 is 17.2 Å². The minimum atomic E-state index is -0.189. The average Bonchev–Trinajstić information content (AvgIpc) is 3.05. The summed E-state index contributed by atoms with van der Waals surface area (Å²) in [5, 5.41) is 7.24. The van der Waals surface area contributed by atoms with Crippen LogP contribution in [0.1, 0.15) is 31.7 Å². The predicted molar refractivity (Wildman–Crippen MR) is 71.0 cm³/mol. The summed E-state index contributed by atoms with van der Waals surface area (Å²) in [5.41, 5.74) is 6.83. The Balaban J connectivity index is 1.80. The van der Waals surface area contributed by atoms with Gasteiger partial charge in [-0.05, 0) is 54.5 Å². The summed E-state index contributed by atoms with van der Waals surface area (Å²) in [7, 11) is 0. The van der Waals surface area contributed by atoms with E-state index in [0.29, 0.717) is 18.9 Å². The van der Waals surface area contributed by atoms with Gasteiger partial charge in [0, 0.05) is 13.0 Å². The van der Waals surface area contributed by atoms with Crippen LogP contribution in [0, 0.1) is 5.92 Å². The first-order valence-corrected chi connectivity index (χ1v) is 7.10. The van der Waals surface area contributed by atoms with Gasteiger partial charge in [-0.15, -0.1) is 0 Å². The lowest BCUT2D eigenvalue weighted by Gasteiger charge is -2.29. The number of carbonyl (C=O) groups is 1. The molecule has 1 atom stereocenters. The smallest absolute Gasteiger partial charge is 0.220 e. The molecule has 1 aromatic rings. The van der Waals surface area contributed by atoms with Crippen LogP contribution < -0.4 is 11.1 Å². The molecule has 1 aliphatic carbocycles. The van der Waals surface area contributed by atoms with E-state index >= 15 is 0 Å². The number of carbonyl (C=O) groups excluding carboxylic acids is 1. The first kappa shape index (κ1) is 12.6. The zero-order valence-electron chi connectivity index (χ0n) is 10.2. The zero-order chi connectivity index (χ0) is 12.3. The minimum Gasteiger partial charge on any atom is -0.349 e. The lowest BCUT2D eigenvalue weighted by atomic mass is 9.95. The second-order valence-electron chi connectivity index (χ2n) is 5.08. The number of nitrogens with two attached hydrogens (primary N) is 1. The van der Waals surface area contributed by atoms with Gasteiger partial charge in [0.2, 0.25) is 5.91 Å². The molecule has 1 aliphatic rings. The minimum absolute atomic E-state index is 0.121. The Hall–Kier alpha value is -0.870. The molecular weight excluding hydrogens is 232 g/mol. The van der Waals surface area contributed by atoms with Crippen molar-refractivity contribution in [1.82, 2.24) is 5.32 Å². The van der Waals surface area contributed by atoms with Crippen molar-refractivity contribution in [3.63, 3.8) is 0 Å². The van der Waals surface area contributed by atoms with Crippen LogP contribution in [0.15, 0.2) is 16.8 Å². The molecule has 1 aromatic heterocycles. The van der Waals surface area contributed by atoms with Crippen LogP contribution in [0.4, 0.5) is 0 Å². The zero-order valence-corrected chi connectivity index (χ0v) is 11.1. The maximum atomic E-state index is 11.9. The van der Waals surface area contributed by atoms with E-state index in [1.807, 2.05) is 5.38 Å². The lowest BCUT2D eigenvalue weighted by molar-refractivity contribution is -0.123. The fourth-order valence-electron chi connectivity index (χ4n) is 2.11. The van der Waals surface area contributed by atoms with Crippen LogP contribution in [-0.4, -0.2) is 18.0 Å². The average molecular weight is 252 g/mol. The van der Waals surface area contributed by atoms with Gasteiger partial charge in [0.05, 0.1) is 5.54 Å². The van der Waals surface area contributed by atoms with Gasteiger partial charge in [0.25, 0.3) is 0 Å². The van der Waals surface area contributed by atoms with Crippen molar-refractivity contribution in [2.75, 3.05) is 6.54 Å². The fraction of sp³-hybridized carbons (Fsp3) is 0.615. The highest BCUT2D eigenvalue weighted by atomic mass is 32.1. The van der Waals surface area contributed by atoms with E-state index in [2.05, 4.69) is 23.7 Å². The fourth-order valence-corrected chi connectivity index (χ4v) is 2.82. The van der Waals surface area contributed by atoms with E-state index in [4.69, 9.17) is 5.73 Å². The monoisotopic (exact) mass is 252 g/mol. The van der Waals surface area contributed by atoms with E-state index in [-0.39, 0.29) is 11.4 Å². The van der Waals surface area contributed by atoms with Gasteiger partial charge in [0.1, 0.15) is 0 Å². The van der Waals surface area contributed by atoms with Gasteiger partial charge < -0.3 is 11.1 Å². The van der Waals surface area contributed by atoms with Gasteiger partial charge in [-0.1, -0.05) is 0 Å². The Morgan fingerprint density at radius 2 is 2.41 bits per heavy atom. The Kier molecular flexibility index (Phi) is 3.84. The normalized spacial score (nSPS) is 18.7. The van der Waals surface area contributed by atoms with E-state index in [1.54, 1.807) is 11.3 Å². The highest BCUT2D eigenvalue weighted by Crippen LogP contribution is 2.38. The summed E-state index contributed by atoms with van der Waals surface area (Å²) in [4.78, 5) is 11.9. The van der Waals surface area contributed by atoms with Crippen LogP contribution in [0.25, 0.3) is 0 Å². The Labute approximate surface area is 106 Å². The van der Waals surface area contributed by atoms with Crippen molar-refractivity contribution < 1.29 is 4.79 Å². The third kappa shape index (κ3) is 3.30. The molecule has 1 saturated carbocycles. The van der Waals surface area contributed by atoms with Crippen molar-refractivity contribution in [3.8, 4) is 0 Å². The lowest BCUT2D eigenvalue weighted by Crippen LogP contribution is -2.53. The Morgan fingerprint density at radius 1 is 1.65 bits per heavy atom. The molecule has 17 heavy (non-hydrogen) atoms. The summed E-state index contributed by atoms with van der Waals surface area (Å²) in [6.45, 7) is 2.59. The second-order valence-corrected chi connectivity index (χ2v) is 5.86. The van der Waals surface area contributed by atoms with Crippen LogP contribution in [0.2, 0.25) is 0 Å². The topological polar surface area (TPSA) is 55.1 Å². The molecular formula is C13H20N2OS. The van der Waals surface area contributed by atoms with Crippen molar-refractivity contribution in [2.45, 2.75) is 38.1 Å². The molecule has 3 nitrogen and oxygen atoms in total. The molecule has 1 heterocycles. The molecule has 0 spiro atoms. The quantitative estimate of drug-likeness (QED) is 0.812. The summed E-state index contributed by atoms with van der Waals surface area (Å²) in [5.74, 6) is 0.702. The number of amides is 1. The summed E-state index contributed by atoms with van der Waals surface area (Å²) in [6.07, 6.45) is 3.76. The standard InChI is InChI=1S/C13H20N2OS/c1-13(9-14,11-3-4-11)15-12(16)5-2-10-6-7-17-8-10/h6-8,11H,2-5,9,14H2,1H3,(H,15,16). The van der Waals surface area contributed by atoms with Crippen LogP contribution >= 0.6 is 11.3 Å². The molecule has 0 bridgehead atoms. The van der Waals surface area contributed by atoms with E-state index in [1.165, 1.54) is 18.4 Å². The Morgan fingerprint density at radius 3 is 2.94 bits per heavy atom. The molecule has 1 fully saturated rings. The number of thiophene rings is 1. The first-order valence-electron chi connectivity index (χ1n) is 6.16. The van der Waals surface area contributed by atoms with Crippen molar-refractivity contribution in [1.29, 1.82) is 0 Å². The number of rotatable bonds is 6. The number of nitrogens with one attached hydrogen (secondary N) is 1. The number of hydrogen-bond donors (Lipinski definition) is 2. The van der Waals surface area contributed by atoms with Crippen molar-refractivity contribution in [2.24, 2.45) is 11.7 Å². The molecule has 0 aliphatic heterocycles. The maximum Gasteiger partial charge on any atom is 0.220 e. The SMILES string of the molecule is CC(CN)(NC(=O)CCc1ccsc1)C1CC1. The summed E-state index contributed by atoms with van der Waals surface area (Å²) in [6, 6.07) is 2.07. The largest absolute Gasteiger partial charge is 0.349 e. The third-order valence-electron chi connectivity index (χ3n) is 3.55. The second kappa shape index (κ2) is 5.19. The third-order valence-corrected chi connectivity index (χ3v) is 4.28. The van der Waals surface area contributed by atoms with Crippen LogP contribution in [0.3, 0.4) is 0 Å². The van der Waals surface area contributed by atoms with Gasteiger partial charge in [-0.3, -0.25) is 4.79 Å². The molecule has 0 radical (unpaired) electrons.